The average Bonchev–Trinajstić information content (AvgIpc) is 1.95. The number of thioether (sulfide) groups is 1. The third-order valence-electron chi connectivity index (χ3n) is 1.89. The van der Waals surface area contributed by atoms with Gasteiger partial charge in [-0.3, -0.25) is 4.79 Å². The molecular weight excluding hydrogens is 229 g/mol. The van der Waals surface area contributed by atoms with Crippen LogP contribution in [0.3, 0.4) is 0 Å². The molecule has 1 heterocycles. The molecule has 2 unspecified atom stereocenters. The van der Waals surface area contributed by atoms with Gasteiger partial charge in [0.15, 0.2) is 5.17 Å². The van der Waals surface area contributed by atoms with Gasteiger partial charge < -0.3 is 5.73 Å². The van der Waals surface area contributed by atoms with Gasteiger partial charge in [0.25, 0.3) is 11.6 Å². The average molecular weight is 240 g/mol. The van der Waals surface area contributed by atoms with Gasteiger partial charge in [0.2, 0.25) is 0 Å². The molecule has 3 nitrogen and oxygen atoms in total. The molecule has 2 atom stereocenters. The monoisotopic (exact) mass is 240 g/mol. The number of carbonyl (C=O) groups excluding carboxylic acids is 1. The molecule has 0 bridgehead atoms. The maximum absolute atomic E-state index is 12.7. The molecule has 0 aromatic rings. The molecule has 1 amide bonds. The van der Waals surface area contributed by atoms with Crippen molar-refractivity contribution in [1.29, 1.82) is 0 Å². The Morgan fingerprint density at radius 1 is 1.79 bits per heavy atom. The molecule has 0 radical (unpaired) electrons. The molecule has 0 fully saturated rings. The molecule has 1 aliphatic heterocycles. The molecule has 0 aromatic carbocycles. The van der Waals surface area contributed by atoms with Gasteiger partial charge in [-0.05, 0) is 6.92 Å². The molecule has 7 heteroatoms. The zero-order valence-electron chi connectivity index (χ0n) is 7.59. The first kappa shape index (κ1) is 11.9. The summed E-state index contributed by atoms with van der Waals surface area (Å²) < 4.78 is 25.5. The smallest absolute Gasteiger partial charge is 0.260 e. The molecule has 1 aliphatic rings. The third-order valence-corrected chi connectivity index (χ3v) is 3.27. The Kier molecular flexibility index (Phi) is 3.17. The number of aliphatic imine (C=N–C) groups is 1. The topological polar surface area (TPSA) is 55.4 Å². The van der Waals surface area contributed by atoms with Crippen LogP contribution in [0.2, 0.25) is 0 Å². The molecule has 0 aliphatic carbocycles. The number of amides is 1. The zero-order chi connectivity index (χ0) is 11.0. The summed E-state index contributed by atoms with van der Waals surface area (Å²) in [6.07, 6.45) is -0.521. The second kappa shape index (κ2) is 3.74. The van der Waals surface area contributed by atoms with E-state index in [2.05, 4.69) is 4.99 Å². The standard InChI is InChI=1S/C7H11F2N2OPS/c1-6(2-7(8,9)13)3-14-5(10)11-4(6)12/h2-3,13H2,1H3,(H2,10,11,12). The van der Waals surface area contributed by atoms with E-state index < -0.39 is 23.4 Å². The quantitative estimate of drug-likeness (QED) is 0.743. The van der Waals surface area contributed by atoms with Crippen LogP contribution in [0, 0.1) is 5.41 Å². The van der Waals surface area contributed by atoms with E-state index in [1.807, 2.05) is 0 Å². The molecule has 80 valence electrons. The van der Waals surface area contributed by atoms with E-state index in [0.717, 1.165) is 11.8 Å². The summed E-state index contributed by atoms with van der Waals surface area (Å²) >= 11 is 1.13. The van der Waals surface area contributed by atoms with E-state index >= 15 is 0 Å². The minimum absolute atomic E-state index is 0.152. The lowest BCUT2D eigenvalue weighted by Gasteiger charge is -2.30. The van der Waals surface area contributed by atoms with Crippen molar-refractivity contribution in [3.05, 3.63) is 0 Å². The maximum atomic E-state index is 12.7. The van der Waals surface area contributed by atoms with Crippen molar-refractivity contribution in [3.63, 3.8) is 0 Å². The highest BCUT2D eigenvalue weighted by Crippen LogP contribution is 2.41. The first-order valence-electron chi connectivity index (χ1n) is 3.91. The zero-order valence-corrected chi connectivity index (χ0v) is 9.56. The summed E-state index contributed by atoms with van der Waals surface area (Å²) in [5, 5.41) is 0.152. The second-order valence-electron chi connectivity index (χ2n) is 3.54. The predicted octanol–water partition coefficient (Wildman–Crippen LogP) is 1.44. The second-order valence-corrected chi connectivity index (χ2v) is 5.38. The molecule has 2 N–H and O–H groups in total. The Balaban J connectivity index is 2.82. The largest absolute Gasteiger partial charge is 0.378 e. The first-order chi connectivity index (χ1) is 6.23. The van der Waals surface area contributed by atoms with Crippen molar-refractivity contribution >= 4 is 32.1 Å². The number of carbonyl (C=O) groups is 1. The SMILES string of the molecule is CC1(CC(F)(F)P)CSC(N)=NC1=O. The van der Waals surface area contributed by atoms with Crippen LogP contribution in [0.5, 0.6) is 0 Å². The number of hydrogen-bond donors (Lipinski definition) is 1. The molecule has 0 saturated heterocycles. The van der Waals surface area contributed by atoms with E-state index in [-0.39, 0.29) is 10.9 Å². The van der Waals surface area contributed by atoms with Crippen LogP contribution in [0.15, 0.2) is 4.99 Å². The summed E-state index contributed by atoms with van der Waals surface area (Å²) in [5.74, 6) is -0.304. The van der Waals surface area contributed by atoms with Gasteiger partial charge in [0, 0.05) is 12.2 Å². The van der Waals surface area contributed by atoms with Gasteiger partial charge in [0.05, 0.1) is 5.41 Å². The minimum Gasteiger partial charge on any atom is -0.378 e. The minimum atomic E-state index is -2.94. The van der Waals surface area contributed by atoms with E-state index in [0.29, 0.717) is 0 Å². The van der Waals surface area contributed by atoms with Crippen LogP contribution < -0.4 is 5.73 Å². The van der Waals surface area contributed by atoms with E-state index in [4.69, 9.17) is 5.73 Å². The summed E-state index contributed by atoms with van der Waals surface area (Å²) in [5.41, 5.74) is 1.26. The van der Waals surface area contributed by atoms with Gasteiger partial charge in [-0.15, -0.1) is 0 Å². The van der Waals surface area contributed by atoms with E-state index in [9.17, 15) is 13.6 Å². The number of halogens is 2. The lowest BCUT2D eigenvalue weighted by Crippen LogP contribution is -2.38. The van der Waals surface area contributed by atoms with E-state index in [1.54, 1.807) is 0 Å². The van der Waals surface area contributed by atoms with Crippen LogP contribution in [0.25, 0.3) is 0 Å². The summed E-state index contributed by atoms with van der Waals surface area (Å²) in [7, 11) is 1.43. The van der Waals surface area contributed by atoms with Gasteiger partial charge in [-0.1, -0.05) is 21.0 Å². The summed E-state index contributed by atoms with van der Waals surface area (Å²) in [6.45, 7) is 1.48. The molecule has 0 aromatic heterocycles. The number of nitrogens with two attached hydrogens (primary N) is 1. The summed E-state index contributed by atoms with van der Waals surface area (Å²) in [6, 6.07) is 0. The van der Waals surface area contributed by atoms with Crippen molar-refractivity contribution in [1.82, 2.24) is 0 Å². The van der Waals surface area contributed by atoms with Gasteiger partial charge in [0.1, 0.15) is 0 Å². The molecule has 0 spiro atoms. The van der Waals surface area contributed by atoms with Crippen molar-refractivity contribution < 1.29 is 13.6 Å². The van der Waals surface area contributed by atoms with Crippen LogP contribution in [-0.4, -0.2) is 22.5 Å². The molecule has 1 rings (SSSR count). The van der Waals surface area contributed by atoms with Crippen LogP contribution in [-0.2, 0) is 4.79 Å². The predicted molar refractivity (Wildman–Crippen MR) is 56.5 cm³/mol. The van der Waals surface area contributed by atoms with E-state index in [1.165, 1.54) is 16.2 Å². The number of amidine groups is 1. The van der Waals surface area contributed by atoms with Crippen molar-refractivity contribution in [3.8, 4) is 0 Å². The third kappa shape index (κ3) is 2.89. The Morgan fingerprint density at radius 2 is 2.36 bits per heavy atom. The van der Waals surface area contributed by atoms with Gasteiger partial charge in [-0.25, -0.2) is 8.78 Å². The molecular formula is C7H11F2N2OPS. The lowest BCUT2D eigenvalue weighted by atomic mass is 9.88. The van der Waals surface area contributed by atoms with Crippen molar-refractivity contribution in [2.24, 2.45) is 16.1 Å². The number of rotatable bonds is 2. The highest BCUT2D eigenvalue weighted by molar-refractivity contribution is 8.13. The fourth-order valence-electron chi connectivity index (χ4n) is 1.21. The first-order valence-corrected chi connectivity index (χ1v) is 5.47. The molecule has 0 saturated carbocycles. The number of hydrogen-bond acceptors (Lipinski definition) is 3. The van der Waals surface area contributed by atoms with Gasteiger partial charge >= 0.3 is 0 Å². The Morgan fingerprint density at radius 3 is 2.79 bits per heavy atom. The highest BCUT2D eigenvalue weighted by atomic mass is 32.2. The number of nitrogens with zero attached hydrogens (tertiary/aromatic N) is 1. The normalized spacial score (nSPS) is 28.9. The molecule has 14 heavy (non-hydrogen) atoms. The summed E-state index contributed by atoms with van der Waals surface area (Å²) in [4.78, 5) is 14.9. The Labute approximate surface area is 87.1 Å². The lowest BCUT2D eigenvalue weighted by molar-refractivity contribution is -0.128. The van der Waals surface area contributed by atoms with Crippen LogP contribution in [0.1, 0.15) is 13.3 Å². The van der Waals surface area contributed by atoms with Crippen molar-refractivity contribution in [2.75, 3.05) is 5.75 Å². The van der Waals surface area contributed by atoms with Gasteiger partial charge in [-0.2, -0.15) is 4.99 Å². The fraction of sp³-hybridized carbons (Fsp3) is 0.714. The Bertz CT molecular complexity index is 292. The fourth-order valence-corrected chi connectivity index (χ4v) is 2.50. The van der Waals surface area contributed by atoms with Crippen molar-refractivity contribution in [2.45, 2.75) is 19.0 Å². The maximum Gasteiger partial charge on any atom is 0.260 e. The Hall–Kier alpha value is -0.220. The highest BCUT2D eigenvalue weighted by Gasteiger charge is 2.43. The number of alkyl halides is 2. The van der Waals surface area contributed by atoms with Crippen LogP contribution in [0.4, 0.5) is 8.78 Å². The van der Waals surface area contributed by atoms with Crippen LogP contribution >= 0.6 is 21.0 Å².